The van der Waals surface area contributed by atoms with Crippen molar-refractivity contribution in [3.05, 3.63) is 23.3 Å². The monoisotopic (exact) mass is 378 g/mol. The van der Waals surface area contributed by atoms with E-state index in [-0.39, 0.29) is 23.8 Å². The van der Waals surface area contributed by atoms with Crippen molar-refractivity contribution < 1.29 is 28.6 Å². The van der Waals surface area contributed by atoms with E-state index in [1.54, 1.807) is 40.8 Å². The van der Waals surface area contributed by atoms with Gasteiger partial charge in [-0.05, 0) is 39.8 Å². The summed E-state index contributed by atoms with van der Waals surface area (Å²) in [5.41, 5.74) is -0.411. The highest BCUT2D eigenvalue weighted by molar-refractivity contribution is 6.13. The molecule has 0 aromatic heterocycles. The van der Waals surface area contributed by atoms with Crippen LogP contribution in [0.4, 0.5) is 16.2 Å². The fourth-order valence-corrected chi connectivity index (χ4v) is 3.25. The molecule has 1 aromatic rings. The second-order valence-electron chi connectivity index (χ2n) is 7.63. The number of nitrogens with zero attached hydrogens (tertiary/aromatic N) is 1. The van der Waals surface area contributed by atoms with Crippen molar-refractivity contribution >= 4 is 29.3 Å². The lowest BCUT2D eigenvalue weighted by molar-refractivity contribution is -0.124. The second kappa shape index (κ2) is 7.19. The van der Waals surface area contributed by atoms with Gasteiger partial charge in [-0.25, -0.2) is 9.59 Å². The van der Waals surface area contributed by atoms with Gasteiger partial charge >= 0.3 is 12.1 Å². The highest BCUT2D eigenvalue weighted by Gasteiger charge is 2.49. The number of anilines is 2. The zero-order chi connectivity index (χ0) is 20.6. The molecule has 0 radical (unpaired) electrons. The van der Waals surface area contributed by atoms with Gasteiger partial charge < -0.3 is 19.1 Å². The fourth-order valence-electron chi connectivity index (χ4n) is 3.25. The Hall–Kier alpha value is -2.61. The molecule has 8 heteroatoms. The molecule has 0 saturated carbocycles. The lowest BCUT2D eigenvalue weighted by Gasteiger charge is -2.26. The number of carbonyl (C=O) groups excluding carboxylic acids is 3. The number of esters is 1. The molecule has 27 heavy (non-hydrogen) atoms. The number of methoxy groups -OCH3 is 2. The van der Waals surface area contributed by atoms with Crippen molar-refractivity contribution in [1.29, 1.82) is 0 Å². The maximum absolute atomic E-state index is 12.9. The third-order valence-corrected chi connectivity index (χ3v) is 4.34. The van der Waals surface area contributed by atoms with Crippen LogP contribution in [0.15, 0.2) is 12.1 Å². The summed E-state index contributed by atoms with van der Waals surface area (Å²) in [4.78, 5) is 39.1. The Morgan fingerprint density at radius 3 is 2.37 bits per heavy atom. The standard InChI is InChI=1S/C19H26N2O6/c1-18(2,3)27-17(24)20-14-11(15(22)26-7)8-9-12-13(14)19(4,10-25-6)16(23)21(12)5/h8-9H,10H2,1-7H3,(H,20,24). The number of benzene rings is 1. The first-order chi connectivity index (χ1) is 12.5. The second-order valence-corrected chi connectivity index (χ2v) is 7.63. The summed E-state index contributed by atoms with van der Waals surface area (Å²) >= 11 is 0. The van der Waals surface area contributed by atoms with Crippen LogP contribution in [0.3, 0.4) is 0 Å². The number of amides is 2. The molecule has 1 aromatic carbocycles. The molecule has 0 saturated heterocycles. The van der Waals surface area contributed by atoms with Crippen LogP contribution in [0.1, 0.15) is 43.6 Å². The summed E-state index contributed by atoms with van der Waals surface area (Å²) < 4.78 is 15.4. The third-order valence-electron chi connectivity index (χ3n) is 4.34. The topological polar surface area (TPSA) is 94.2 Å². The summed E-state index contributed by atoms with van der Waals surface area (Å²) in [6.45, 7) is 6.99. The molecule has 2 amide bonds. The normalized spacial score (nSPS) is 18.9. The number of rotatable bonds is 4. The molecule has 0 fully saturated rings. The summed E-state index contributed by atoms with van der Waals surface area (Å²) in [7, 11) is 4.37. The summed E-state index contributed by atoms with van der Waals surface area (Å²) in [6.07, 6.45) is -0.733. The number of carbonyl (C=O) groups is 3. The molecule has 1 aliphatic rings. The van der Waals surface area contributed by atoms with E-state index >= 15 is 0 Å². The Bertz CT molecular complexity index is 783. The minimum absolute atomic E-state index is 0.0802. The fraction of sp³-hybridized carbons (Fsp3) is 0.526. The summed E-state index contributed by atoms with van der Waals surface area (Å²) in [5.74, 6) is -0.834. The van der Waals surface area contributed by atoms with Crippen LogP contribution >= 0.6 is 0 Å². The lowest BCUT2D eigenvalue weighted by atomic mass is 9.82. The Morgan fingerprint density at radius 1 is 1.22 bits per heavy atom. The van der Waals surface area contributed by atoms with Crippen LogP contribution in [-0.4, -0.2) is 51.4 Å². The predicted molar refractivity (Wildman–Crippen MR) is 100 cm³/mol. The van der Waals surface area contributed by atoms with Gasteiger partial charge in [0.25, 0.3) is 0 Å². The zero-order valence-corrected chi connectivity index (χ0v) is 16.8. The summed E-state index contributed by atoms with van der Waals surface area (Å²) in [5, 5.41) is 2.64. The number of likely N-dealkylation sites (N-methyl/N-ethyl adjacent to an activating group) is 1. The van der Waals surface area contributed by atoms with E-state index in [1.807, 2.05) is 0 Å². The third kappa shape index (κ3) is 3.75. The van der Waals surface area contributed by atoms with E-state index in [0.29, 0.717) is 11.3 Å². The molecule has 2 rings (SSSR count). The maximum Gasteiger partial charge on any atom is 0.412 e. The van der Waals surface area contributed by atoms with Crippen LogP contribution in [0.2, 0.25) is 0 Å². The van der Waals surface area contributed by atoms with E-state index in [1.165, 1.54) is 25.2 Å². The molecule has 0 aliphatic carbocycles. The van der Waals surface area contributed by atoms with Gasteiger partial charge in [-0.1, -0.05) is 0 Å². The van der Waals surface area contributed by atoms with E-state index in [4.69, 9.17) is 14.2 Å². The number of hydrogen-bond acceptors (Lipinski definition) is 6. The van der Waals surface area contributed by atoms with Gasteiger partial charge in [0, 0.05) is 25.4 Å². The van der Waals surface area contributed by atoms with Crippen molar-refractivity contribution in [1.82, 2.24) is 0 Å². The number of hydrogen-bond donors (Lipinski definition) is 1. The van der Waals surface area contributed by atoms with Crippen LogP contribution < -0.4 is 10.2 Å². The first-order valence-corrected chi connectivity index (χ1v) is 8.49. The molecule has 0 bridgehead atoms. The largest absolute Gasteiger partial charge is 0.465 e. The van der Waals surface area contributed by atoms with E-state index in [9.17, 15) is 14.4 Å². The Morgan fingerprint density at radius 2 is 1.85 bits per heavy atom. The molecule has 1 heterocycles. The quantitative estimate of drug-likeness (QED) is 0.810. The van der Waals surface area contributed by atoms with Gasteiger partial charge in [-0.15, -0.1) is 0 Å². The first kappa shape index (κ1) is 20.7. The van der Waals surface area contributed by atoms with Gasteiger partial charge in [-0.2, -0.15) is 0 Å². The molecule has 1 aliphatic heterocycles. The molecule has 148 valence electrons. The van der Waals surface area contributed by atoms with Crippen LogP contribution in [0.25, 0.3) is 0 Å². The highest BCUT2D eigenvalue weighted by Crippen LogP contribution is 2.47. The zero-order valence-electron chi connectivity index (χ0n) is 16.8. The maximum atomic E-state index is 12.9. The van der Waals surface area contributed by atoms with Gasteiger partial charge in [0.15, 0.2) is 0 Å². The molecule has 8 nitrogen and oxygen atoms in total. The highest BCUT2D eigenvalue weighted by atomic mass is 16.6. The molecule has 1 N–H and O–H groups in total. The first-order valence-electron chi connectivity index (χ1n) is 8.49. The SMILES string of the molecule is COCC1(C)C(=O)N(C)c2ccc(C(=O)OC)c(NC(=O)OC(C)(C)C)c21. The van der Waals surface area contributed by atoms with Crippen LogP contribution in [0.5, 0.6) is 0 Å². The van der Waals surface area contributed by atoms with Crippen molar-refractivity contribution in [2.75, 3.05) is 38.1 Å². The van der Waals surface area contributed by atoms with E-state index in [0.717, 1.165) is 0 Å². The molecular weight excluding hydrogens is 352 g/mol. The lowest BCUT2D eigenvalue weighted by Crippen LogP contribution is -2.40. The predicted octanol–water partition coefficient (Wildman–Crippen LogP) is 2.70. The number of nitrogens with one attached hydrogen (secondary N) is 1. The average molecular weight is 378 g/mol. The van der Waals surface area contributed by atoms with Crippen molar-refractivity contribution in [3.63, 3.8) is 0 Å². The van der Waals surface area contributed by atoms with Gasteiger partial charge in [0.05, 0.1) is 30.4 Å². The Labute approximate surface area is 158 Å². The van der Waals surface area contributed by atoms with Gasteiger partial charge in [0.2, 0.25) is 5.91 Å². The van der Waals surface area contributed by atoms with Gasteiger partial charge in [-0.3, -0.25) is 10.1 Å². The Balaban J connectivity index is 2.67. The van der Waals surface area contributed by atoms with Crippen molar-refractivity contribution in [3.8, 4) is 0 Å². The van der Waals surface area contributed by atoms with Crippen molar-refractivity contribution in [2.45, 2.75) is 38.7 Å². The molecule has 1 atom stereocenters. The van der Waals surface area contributed by atoms with Crippen LogP contribution in [0, 0.1) is 0 Å². The van der Waals surface area contributed by atoms with E-state index in [2.05, 4.69) is 5.32 Å². The molecule has 0 spiro atoms. The average Bonchev–Trinajstić information content (AvgIpc) is 2.75. The van der Waals surface area contributed by atoms with Crippen LogP contribution in [-0.2, 0) is 24.4 Å². The van der Waals surface area contributed by atoms with Gasteiger partial charge in [0.1, 0.15) is 5.60 Å². The smallest absolute Gasteiger partial charge is 0.412 e. The minimum Gasteiger partial charge on any atom is -0.465 e. The summed E-state index contributed by atoms with van der Waals surface area (Å²) in [6, 6.07) is 3.17. The molecule has 1 unspecified atom stereocenters. The van der Waals surface area contributed by atoms with Crippen molar-refractivity contribution in [2.24, 2.45) is 0 Å². The van der Waals surface area contributed by atoms with E-state index < -0.39 is 23.1 Å². The minimum atomic E-state index is -1.08. The number of ether oxygens (including phenoxy) is 3. The Kier molecular flexibility index (Phi) is 5.51. The molecular formula is C19H26N2O6. The number of fused-ring (bicyclic) bond motifs is 1.